The van der Waals surface area contributed by atoms with E-state index in [4.69, 9.17) is 9.47 Å². The molecule has 7 heteroatoms. The molecule has 0 bridgehead atoms. The molecule has 26 heavy (non-hydrogen) atoms. The van der Waals surface area contributed by atoms with Crippen molar-refractivity contribution in [1.29, 1.82) is 0 Å². The predicted octanol–water partition coefficient (Wildman–Crippen LogP) is 2.71. The maximum Gasteiger partial charge on any atom is 0.191 e. The summed E-state index contributed by atoms with van der Waals surface area (Å²) in [6.45, 7) is 3.83. The van der Waals surface area contributed by atoms with Gasteiger partial charge in [0.25, 0.3) is 0 Å². The van der Waals surface area contributed by atoms with Gasteiger partial charge in [0.2, 0.25) is 0 Å². The Morgan fingerprint density at radius 2 is 2.19 bits per heavy atom. The standard InChI is InChI=1S/C19H26N4O2.HI/c1-20-19(22-9-4-11-25-16-8-12-24-14-16)23-13-15-7-10-21-18-6-3-2-5-17(15)18;/h2-3,5-7,10,16H,4,8-9,11-14H2,1H3,(H2,20,22,23);1H. The lowest BCUT2D eigenvalue weighted by atomic mass is 10.1. The largest absolute Gasteiger partial charge is 0.379 e. The van der Waals surface area contributed by atoms with E-state index in [9.17, 15) is 0 Å². The van der Waals surface area contributed by atoms with Gasteiger partial charge in [0.1, 0.15) is 0 Å². The van der Waals surface area contributed by atoms with Crippen LogP contribution in [0.25, 0.3) is 10.9 Å². The minimum Gasteiger partial charge on any atom is -0.379 e. The van der Waals surface area contributed by atoms with Gasteiger partial charge in [0.05, 0.1) is 18.2 Å². The van der Waals surface area contributed by atoms with Crippen molar-refractivity contribution in [2.24, 2.45) is 4.99 Å². The molecular formula is C19H27IN4O2. The number of ether oxygens (including phenoxy) is 2. The zero-order valence-corrected chi connectivity index (χ0v) is 17.4. The summed E-state index contributed by atoms with van der Waals surface area (Å²) < 4.78 is 11.1. The SMILES string of the molecule is CN=C(NCCCOC1CCOC1)NCc1ccnc2ccccc12.I. The normalized spacial score (nSPS) is 17.1. The maximum atomic E-state index is 5.76. The highest BCUT2D eigenvalue weighted by Crippen LogP contribution is 2.15. The Balaban J connectivity index is 0.00000243. The lowest BCUT2D eigenvalue weighted by Crippen LogP contribution is -2.37. The summed E-state index contributed by atoms with van der Waals surface area (Å²) >= 11 is 0. The van der Waals surface area contributed by atoms with E-state index >= 15 is 0 Å². The fourth-order valence-electron chi connectivity index (χ4n) is 2.88. The van der Waals surface area contributed by atoms with Gasteiger partial charge in [-0.3, -0.25) is 9.98 Å². The zero-order chi connectivity index (χ0) is 17.3. The Hall–Kier alpha value is -1.45. The Morgan fingerprint density at radius 3 is 3.00 bits per heavy atom. The van der Waals surface area contributed by atoms with Gasteiger partial charge in [-0.15, -0.1) is 24.0 Å². The topological polar surface area (TPSA) is 67.8 Å². The third-order valence-electron chi connectivity index (χ3n) is 4.26. The van der Waals surface area contributed by atoms with Gasteiger partial charge in [-0.2, -0.15) is 0 Å². The number of fused-ring (bicyclic) bond motifs is 1. The first-order valence-corrected chi connectivity index (χ1v) is 8.83. The number of nitrogens with zero attached hydrogens (tertiary/aromatic N) is 2. The summed E-state index contributed by atoms with van der Waals surface area (Å²) in [6.07, 6.45) is 4.07. The number of para-hydroxylation sites is 1. The van der Waals surface area contributed by atoms with Crippen molar-refractivity contribution in [2.45, 2.75) is 25.5 Å². The molecule has 0 saturated carbocycles. The Kier molecular flexibility index (Phi) is 9.07. The average Bonchev–Trinajstić information content (AvgIpc) is 3.17. The van der Waals surface area contributed by atoms with E-state index in [2.05, 4.69) is 26.7 Å². The molecule has 6 nitrogen and oxygen atoms in total. The summed E-state index contributed by atoms with van der Waals surface area (Å²) in [5.74, 6) is 0.796. The van der Waals surface area contributed by atoms with Crippen LogP contribution in [0.3, 0.4) is 0 Å². The first kappa shape index (κ1) is 20.9. The van der Waals surface area contributed by atoms with Crippen molar-refractivity contribution in [3.05, 3.63) is 42.1 Å². The van der Waals surface area contributed by atoms with E-state index in [0.717, 1.165) is 50.7 Å². The summed E-state index contributed by atoms with van der Waals surface area (Å²) in [4.78, 5) is 8.67. The van der Waals surface area contributed by atoms with Crippen LogP contribution in [0.5, 0.6) is 0 Å². The van der Waals surface area contributed by atoms with Crippen LogP contribution < -0.4 is 10.6 Å². The number of benzene rings is 1. The second-order valence-electron chi connectivity index (χ2n) is 6.05. The third-order valence-corrected chi connectivity index (χ3v) is 4.26. The molecule has 2 aromatic rings. The molecule has 1 fully saturated rings. The molecule has 0 aliphatic carbocycles. The molecule has 2 N–H and O–H groups in total. The second kappa shape index (κ2) is 11.3. The minimum absolute atomic E-state index is 0. The molecule has 142 valence electrons. The molecule has 1 aliphatic rings. The smallest absolute Gasteiger partial charge is 0.191 e. The van der Waals surface area contributed by atoms with Crippen LogP contribution in [0.2, 0.25) is 0 Å². The van der Waals surface area contributed by atoms with E-state index in [1.165, 1.54) is 10.9 Å². The van der Waals surface area contributed by atoms with Gasteiger partial charge in [0, 0.05) is 44.9 Å². The fraction of sp³-hybridized carbons (Fsp3) is 0.474. The third kappa shape index (κ3) is 6.07. The predicted molar refractivity (Wildman–Crippen MR) is 115 cm³/mol. The molecular weight excluding hydrogens is 443 g/mol. The monoisotopic (exact) mass is 470 g/mol. The van der Waals surface area contributed by atoms with Crippen molar-refractivity contribution < 1.29 is 9.47 Å². The highest BCUT2D eigenvalue weighted by molar-refractivity contribution is 14.0. The lowest BCUT2D eigenvalue weighted by molar-refractivity contribution is 0.0420. The molecule has 1 atom stereocenters. The lowest BCUT2D eigenvalue weighted by Gasteiger charge is -2.14. The summed E-state index contributed by atoms with van der Waals surface area (Å²) in [6, 6.07) is 10.2. The number of nitrogens with one attached hydrogen (secondary N) is 2. The zero-order valence-electron chi connectivity index (χ0n) is 15.1. The van der Waals surface area contributed by atoms with Crippen molar-refractivity contribution in [1.82, 2.24) is 15.6 Å². The average molecular weight is 470 g/mol. The Morgan fingerprint density at radius 1 is 1.31 bits per heavy atom. The number of aromatic nitrogens is 1. The number of hydrogen-bond donors (Lipinski definition) is 2. The van der Waals surface area contributed by atoms with Gasteiger partial charge in [-0.05, 0) is 30.5 Å². The number of hydrogen-bond acceptors (Lipinski definition) is 4. The van der Waals surface area contributed by atoms with Crippen LogP contribution >= 0.6 is 24.0 Å². The highest BCUT2D eigenvalue weighted by atomic mass is 127. The number of guanidine groups is 1. The Bertz CT molecular complexity index is 700. The molecule has 0 radical (unpaired) electrons. The van der Waals surface area contributed by atoms with Crippen LogP contribution in [0, 0.1) is 0 Å². The first-order valence-electron chi connectivity index (χ1n) is 8.83. The number of aliphatic imine (C=N–C) groups is 1. The van der Waals surface area contributed by atoms with Crippen molar-refractivity contribution in [3.63, 3.8) is 0 Å². The van der Waals surface area contributed by atoms with Crippen molar-refractivity contribution in [3.8, 4) is 0 Å². The van der Waals surface area contributed by atoms with Crippen LogP contribution in [0.15, 0.2) is 41.5 Å². The molecule has 1 aromatic carbocycles. The summed E-state index contributed by atoms with van der Waals surface area (Å²) in [7, 11) is 1.78. The fourth-order valence-corrected chi connectivity index (χ4v) is 2.88. The van der Waals surface area contributed by atoms with Crippen molar-refractivity contribution in [2.75, 3.05) is 33.4 Å². The molecule has 0 spiro atoms. The highest BCUT2D eigenvalue weighted by Gasteiger charge is 2.15. The van der Waals surface area contributed by atoms with Gasteiger partial charge < -0.3 is 20.1 Å². The second-order valence-corrected chi connectivity index (χ2v) is 6.05. The van der Waals surface area contributed by atoms with E-state index in [1.807, 2.05) is 30.5 Å². The molecule has 1 unspecified atom stereocenters. The van der Waals surface area contributed by atoms with Gasteiger partial charge in [-0.1, -0.05) is 18.2 Å². The molecule has 1 saturated heterocycles. The minimum atomic E-state index is 0. The quantitative estimate of drug-likeness (QED) is 0.282. The maximum absolute atomic E-state index is 5.76. The van der Waals surface area contributed by atoms with Crippen molar-refractivity contribution >= 4 is 40.8 Å². The molecule has 3 rings (SSSR count). The van der Waals surface area contributed by atoms with Gasteiger partial charge >= 0.3 is 0 Å². The molecule has 1 aliphatic heterocycles. The van der Waals surface area contributed by atoms with E-state index in [0.29, 0.717) is 6.54 Å². The summed E-state index contributed by atoms with van der Waals surface area (Å²) in [5, 5.41) is 7.85. The number of rotatable bonds is 7. The first-order chi connectivity index (χ1) is 12.4. The summed E-state index contributed by atoms with van der Waals surface area (Å²) in [5.41, 5.74) is 2.22. The van der Waals surface area contributed by atoms with Crippen LogP contribution in [0.1, 0.15) is 18.4 Å². The van der Waals surface area contributed by atoms with E-state index in [-0.39, 0.29) is 30.1 Å². The van der Waals surface area contributed by atoms with E-state index < -0.39 is 0 Å². The van der Waals surface area contributed by atoms with Gasteiger partial charge in [-0.25, -0.2) is 0 Å². The van der Waals surface area contributed by atoms with Crippen LogP contribution in [-0.2, 0) is 16.0 Å². The Labute approximate surface area is 171 Å². The van der Waals surface area contributed by atoms with Crippen LogP contribution in [-0.4, -0.2) is 50.5 Å². The van der Waals surface area contributed by atoms with Crippen LogP contribution in [0.4, 0.5) is 0 Å². The molecule has 2 heterocycles. The molecule has 0 amide bonds. The van der Waals surface area contributed by atoms with E-state index in [1.54, 1.807) is 7.05 Å². The molecule has 1 aromatic heterocycles. The number of halogens is 1. The van der Waals surface area contributed by atoms with Gasteiger partial charge in [0.15, 0.2) is 5.96 Å². The number of pyridine rings is 1.